The van der Waals surface area contributed by atoms with Crippen molar-refractivity contribution in [2.24, 2.45) is 0 Å². The second-order valence-electron chi connectivity index (χ2n) is 6.58. The fraction of sp³-hybridized carbons (Fsp3) is 0.158. The lowest BCUT2D eigenvalue weighted by Gasteiger charge is -2.32. The predicted octanol–water partition coefficient (Wildman–Crippen LogP) is 4.86. The number of nitrogens with one attached hydrogen (secondary N) is 2. The van der Waals surface area contributed by atoms with Crippen molar-refractivity contribution < 1.29 is 36.2 Å². The molecule has 2 aromatic carbocycles. The third-order valence-corrected chi connectivity index (χ3v) is 4.70. The summed E-state index contributed by atoms with van der Waals surface area (Å²) in [5.41, 5.74) is -6.59. The Morgan fingerprint density at radius 3 is 2.30 bits per heavy atom. The molecule has 0 saturated carbocycles. The highest BCUT2D eigenvalue weighted by atomic mass is 19.4. The Hall–Kier alpha value is -3.34. The number of Topliss-reactive ketones (excluding diaryl/α,β-unsaturated/α-hetero) is 1. The minimum atomic E-state index is -5.36. The SMILES string of the molecule is O=C(c1cc2c(c3ncccc13)Nc1ccccc1NC2(O)C(F)(F)F)C(F)(F)F. The van der Waals surface area contributed by atoms with Crippen molar-refractivity contribution in [3.05, 3.63) is 59.8 Å². The fourth-order valence-corrected chi connectivity index (χ4v) is 3.32. The van der Waals surface area contributed by atoms with Crippen LogP contribution in [0.3, 0.4) is 0 Å². The lowest BCUT2D eigenvalue weighted by atomic mass is 9.92. The minimum Gasteiger partial charge on any atom is -0.360 e. The lowest BCUT2D eigenvalue weighted by Crippen LogP contribution is -2.49. The van der Waals surface area contributed by atoms with Gasteiger partial charge in [0.25, 0.3) is 11.5 Å². The van der Waals surface area contributed by atoms with Crippen molar-refractivity contribution in [2.75, 3.05) is 10.6 Å². The van der Waals surface area contributed by atoms with Crippen molar-refractivity contribution in [2.45, 2.75) is 18.1 Å². The third kappa shape index (κ3) is 2.93. The number of anilines is 3. The van der Waals surface area contributed by atoms with E-state index in [9.17, 15) is 36.2 Å². The number of rotatable bonds is 1. The normalized spacial score (nSPS) is 18.6. The van der Waals surface area contributed by atoms with Crippen molar-refractivity contribution in [1.82, 2.24) is 4.98 Å². The van der Waals surface area contributed by atoms with Gasteiger partial charge in [-0.3, -0.25) is 9.78 Å². The average molecular weight is 427 g/mol. The Kier molecular flexibility index (Phi) is 4.21. The van der Waals surface area contributed by atoms with E-state index in [1.165, 1.54) is 30.3 Å². The van der Waals surface area contributed by atoms with Gasteiger partial charge >= 0.3 is 12.4 Å². The number of benzene rings is 2. The molecule has 3 N–H and O–H groups in total. The minimum absolute atomic E-state index is 0.126. The van der Waals surface area contributed by atoms with Crippen LogP contribution in [0.15, 0.2) is 48.7 Å². The number of carbonyl (C=O) groups is 1. The summed E-state index contributed by atoms with van der Waals surface area (Å²) < 4.78 is 81.3. The summed E-state index contributed by atoms with van der Waals surface area (Å²) in [6.45, 7) is 0. The monoisotopic (exact) mass is 427 g/mol. The smallest absolute Gasteiger partial charge is 0.360 e. The molecule has 0 amide bonds. The fourth-order valence-electron chi connectivity index (χ4n) is 3.32. The number of ketones is 1. The van der Waals surface area contributed by atoms with Gasteiger partial charge < -0.3 is 15.7 Å². The van der Waals surface area contributed by atoms with Crippen LogP contribution in [-0.4, -0.2) is 28.2 Å². The Morgan fingerprint density at radius 1 is 1.00 bits per heavy atom. The van der Waals surface area contributed by atoms with Crippen molar-refractivity contribution in [1.29, 1.82) is 0 Å². The van der Waals surface area contributed by atoms with Gasteiger partial charge in [-0.25, -0.2) is 0 Å². The van der Waals surface area contributed by atoms with E-state index in [1.54, 1.807) is 0 Å². The molecular formula is C19H11F6N3O2. The van der Waals surface area contributed by atoms with E-state index in [4.69, 9.17) is 0 Å². The van der Waals surface area contributed by atoms with Gasteiger partial charge in [-0.2, -0.15) is 26.3 Å². The molecule has 5 nitrogen and oxygen atoms in total. The summed E-state index contributed by atoms with van der Waals surface area (Å²) in [6, 6.07) is 8.38. The van der Waals surface area contributed by atoms with Crippen LogP contribution in [0.5, 0.6) is 0 Å². The molecule has 0 saturated heterocycles. The summed E-state index contributed by atoms with van der Waals surface area (Å²) in [5.74, 6) is -2.35. The van der Waals surface area contributed by atoms with E-state index in [0.29, 0.717) is 6.07 Å². The predicted molar refractivity (Wildman–Crippen MR) is 95.4 cm³/mol. The van der Waals surface area contributed by atoms with E-state index in [2.05, 4.69) is 10.3 Å². The van der Waals surface area contributed by atoms with Crippen LogP contribution in [-0.2, 0) is 5.72 Å². The van der Waals surface area contributed by atoms with Gasteiger partial charge in [-0.05, 0) is 24.3 Å². The van der Waals surface area contributed by atoms with Crippen LogP contribution in [0, 0.1) is 0 Å². The highest BCUT2D eigenvalue weighted by Crippen LogP contribution is 2.49. The highest BCUT2D eigenvalue weighted by Gasteiger charge is 2.58. The van der Waals surface area contributed by atoms with Crippen molar-refractivity contribution in [3.63, 3.8) is 0 Å². The molecule has 2 heterocycles. The molecule has 0 spiro atoms. The first-order chi connectivity index (χ1) is 13.9. The number of nitrogens with zero attached hydrogens (tertiary/aromatic N) is 1. The molecule has 3 aromatic rings. The highest BCUT2D eigenvalue weighted by molar-refractivity contribution is 6.13. The summed E-state index contributed by atoms with van der Waals surface area (Å²) in [6.07, 6.45) is -9.55. The number of hydrogen-bond acceptors (Lipinski definition) is 5. The van der Waals surface area contributed by atoms with Crippen LogP contribution < -0.4 is 10.6 Å². The van der Waals surface area contributed by atoms with Gasteiger partial charge in [0, 0.05) is 22.7 Å². The number of halogens is 6. The third-order valence-electron chi connectivity index (χ3n) is 4.70. The number of alkyl halides is 6. The average Bonchev–Trinajstić information content (AvgIpc) is 2.80. The summed E-state index contributed by atoms with van der Waals surface area (Å²) in [4.78, 5) is 15.9. The maximum Gasteiger partial charge on any atom is 0.454 e. The first-order valence-corrected chi connectivity index (χ1v) is 8.40. The first-order valence-electron chi connectivity index (χ1n) is 8.40. The van der Waals surface area contributed by atoms with E-state index in [1.807, 2.05) is 5.32 Å². The van der Waals surface area contributed by atoms with Gasteiger partial charge in [0.1, 0.15) is 0 Å². The largest absolute Gasteiger partial charge is 0.454 e. The zero-order valence-electron chi connectivity index (χ0n) is 14.7. The Labute approximate surface area is 164 Å². The Bertz CT molecular complexity index is 1180. The molecule has 0 bridgehead atoms. The van der Waals surface area contributed by atoms with E-state index < -0.39 is 35.0 Å². The molecule has 30 heavy (non-hydrogen) atoms. The molecule has 1 aliphatic rings. The topological polar surface area (TPSA) is 74.2 Å². The van der Waals surface area contributed by atoms with Crippen LogP contribution in [0.2, 0.25) is 0 Å². The zero-order chi connectivity index (χ0) is 21.9. The molecule has 0 aliphatic carbocycles. The number of aromatic nitrogens is 1. The number of pyridine rings is 1. The number of aliphatic hydroxyl groups is 1. The molecule has 1 unspecified atom stereocenters. The number of para-hydroxylation sites is 2. The maximum atomic E-state index is 14.0. The molecular weight excluding hydrogens is 416 g/mol. The molecule has 0 radical (unpaired) electrons. The number of fused-ring (bicyclic) bond motifs is 4. The van der Waals surface area contributed by atoms with Gasteiger partial charge in [0.15, 0.2) is 0 Å². The van der Waals surface area contributed by atoms with Crippen molar-refractivity contribution >= 4 is 33.7 Å². The van der Waals surface area contributed by atoms with E-state index in [-0.39, 0.29) is 28.0 Å². The summed E-state index contributed by atoms with van der Waals surface area (Å²) in [7, 11) is 0. The number of carbonyl (C=O) groups excluding carboxylic acids is 1. The van der Waals surface area contributed by atoms with Gasteiger partial charge in [-0.1, -0.05) is 18.2 Å². The maximum absolute atomic E-state index is 14.0. The van der Waals surface area contributed by atoms with Gasteiger partial charge in [0.05, 0.1) is 22.6 Å². The Morgan fingerprint density at radius 2 is 1.67 bits per heavy atom. The molecule has 4 rings (SSSR count). The molecule has 156 valence electrons. The van der Waals surface area contributed by atoms with E-state index in [0.717, 1.165) is 12.3 Å². The summed E-state index contributed by atoms with van der Waals surface area (Å²) >= 11 is 0. The second kappa shape index (κ2) is 6.33. The summed E-state index contributed by atoms with van der Waals surface area (Å²) in [5, 5.41) is 15.0. The van der Waals surface area contributed by atoms with E-state index >= 15 is 0 Å². The van der Waals surface area contributed by atoms with Crippen molar-refractivity contribution in [3.8, 4) is 0 Å². The molecule has 11 heteroatoms. The molecule has 0 fully saturated rings. The van der Waals surface area contributed by atoms with Crippen LogP contribution in [0.1, 0.15) is 15.9 Å². The molecule has 1 aromatic heterocycles. The van der Waals surface area contributed by atoms with Gasteiger partial charge in [-0.15, -0.1) is 0 Å². The zero-order valence-corrected chi connectivity index (χ0v) is 14.7. The van der Waals surface area contributed by atoms with Crippen LogP contribution in [0.25, 0.3) is 10.9 Å². The standard InChI is InChI=1S/C19H11F6N3O2/c20-18(21,22)16(29)10-8-11-15(14-9(10)4-3-7-26-14)27-12-5-1-2-6-13(12)28-17(11,30)19(23,24)25/h1-8,27-28,30H. The Balaban J connectivity index is 2.13. The quantitative estimate of drug-likeness (QED) is 0.382. The van der Waals surface area contributed by atoms with Crippen LogP contribution >= 0.6 is 0 Å². The second-order valence-corrected chi connectivity index (χ2v) is 6.58. The number of hydrogen-bond donors (Lipinski definition) is 3. The lowest BCUT2D eigenvalue weighted by molar-refractivity contribution is -0.253. The molecule has 1 atom stereocenters. The van der Waals surface area contributed by atoms with Crippen LogP contribution in [0.4, 0.5) is 43.4 Å². The van der Waals surface area contributed by atoms with Gasteiger partial charge in [0.2, 0.25) is 0 Å². The molecule has 1 aliphatic heterocycles. The first kappa shape index (κ1) is 20.0.